The number of ketones is 2. The summed E-state index contributed by atoms with van der Waals surface area (Å²) in [7, 11) is 0. The summed E-state index contributed by atoms with van der Waals surface area (Å²) >= 11 is 0. The van der Waals surface area contributed by atoms with Crippen molar-refractivity contribution in [2.24, 2.45) is 0 Å². The average molecular weight is 467 g/mol. The molecule has 0 saturated heterocycles. The highest BCUT2D eigenvalue weighted by Gasteiger charge is 2.30. The second kappa shape index (κ2) is 9.97. The molecule has 0 heterocycles. The Morgan fingerprint density at radius 2 is 0.583 bits per heavy atom. The third kappa shape index (κ3) is 4.18. The first-order valence-electron chi connectivity index (χ1n) is 12.1. The van der Waals surface area contributed by atoms with E-state index in [9.17, 15) is 9.59 Å². The molecule has 36 heavy (non-hydrogen) atoms. The third-order valence-corrected chi connectivity index (χ3v) is 6.45. The van der Waals surface area contributed by atoms with Gasteiger partial charge in [0, 0.05) is 22.3 Å². The standard InChI is InChI=1S/C34H26O2/c1-23(35)29-30(24(2)36)32(26-17-9-4-10-18-26)34(28-21-13-6-14-22-28)33(27-19-11-5-12-20-27)31(29)25-15-7-3-8-16-25/h3-22H,1-2H3. The van der Waals surface area contributed by atoms with Crippen molar-refractivity contribution >= 4 is 11.6 Å². The summed E-state index contributed by atoms with van der Waals surface area (Å²) < 4.78 is 0. The van der Waals surface area contributed by atoms with Crippen LogP contribution in [-0.4, -0.2) is 11.6 Å². The molecule has 0 fully saturated rings. The SMILES string of the molecule is CC(=O)c1c(C(C)=O)c(-c2ccccc2)c(-c2ccccc2)c(-c2ccccc2)c1-c1ccccc1. The lowest BCUT2D eigenvalue weighted by molar-refractivity contribution is 0.0982. The third-order valence-electron chi connectivity index (χ3n) is 6.45. The monoisotopic (exact) mass is 466 g/mol. The Bertz CT molecular complexity index is 1420. The Labute approximate surface area is 211 Å². The van der Waals surface area contributed by atoms with Crippen LogP contribution in [0.3, 0.4) is 0 Å². The van der Waals surface area contributed by atoms with Crippen molar-refractivity contribution in [2.75, 3.05) is 0 Å². The quantitative estimate of drug-likeness (QED) is 0.234. The molecule has 0 aliphatic heterocycles. The van der Waals surface area contributed by atoms with E-state index in [1.165, 1.54) is 0 Å². The molecular weight excluding hydrogens is 440 g/mol. The molecule has 0 saturated carbocycles. The fourth-order valence-electron chi connectivity index (χ4n) is 5.03. The van der Waals surface area contributed by atoms with Gasteiger partial charge in [0.05, 0.1) is 0 Å². The fourth-order valence-corrected chi connectivity index (χ4v) is 5.03. The number of rotatable bonds is 6. The molecule has 5 aromatic carbocycles. The van der Waals surface area contributed by atoms with Crippen molar-refractivity contribution in [3.8, 4) is 44.5 Å². The molecule has 0 bridgehead atoms. The van der Waals surface area contributed by atoms with Crippen LogP contribution in [0.5, 0.6) is 0 Å². The molecule has 0 N–H and O–H groups in total. The van der Waals surface area contributed by atoms with E-state index < -0.39 is 0 Å². The van der Waals surface area contributed by atoms with Crippen LogP contribution in [0, 0.1) is 0 Å². The van der Waals surface area contributed by atoms with Gasteiger partial charge in [-0.15, -0.1) is 0 Å². The second-order valence-electron chi connectivity index (χ2n) is 8.83. The van der Waals surface area contributed by atoms with Crippen molar-refractivity contribution in [3.63, 3.8) is 0 Å². The Morgan fingerprint density at radius 3 is 0.806 bits per heavy atom. The van der Waals surface area contributed by atoms with E-state index in [1.807, 2.05) is 97.1 Å². The molecule has 0 spiro atoms. The molecule has 5 rings (SSSR count). The zero-order valence-electron chi connectivity index (χ0n) is 20.4. The van der Waals surface area contributed by atoms with Crippen molar-refractivity contribution < 1.29 is 9.59 Å². The predicted molar refractivity (Wildman–Crippen MR) is 148 cm³/mol. The molecule has 0 aromatic heterocycles. The van der Waals surface area contributed by atoms with Crippen LogP contribution in [0.1, 0.15) is 34.6 Å². The molecule has 0 aliphatic rings. The Hall–Kier alpha value is -4.56. The van der Waals surface area contributed by atoms with Crippen molar-refractivity contribution in [1.82, 2.24) is 0 Å². The molecule has 2 heteroatoms. The zero-order valence-corrected chi connectivity index (χ0v) is 20.4. The van der Waals surface area contributed by atoms with Crippen LogP contribution in [0.2, 0.25) is 0 Å². The van der Waals surface area contributed by atoms with E-state index in [4.69, 9.17) is 0 Å². The molecule has 5 aromatic rings. The number of benzene rings is 5. The lowest BCUT2D eigenvalue weighted by Crippen LogP contribution is -2.12. The zero-order chi connectivity index (χ0) is 25.1. The molecule has 0 atom stereocenters. The van der Waals surface area contributed by atoms with Gasteiger partial charge in [0.25, 0.3) is 0 Å². The van der Waals surface area contributed by atoms with Gasteiger partial charge in [-0.1, -0.05) is 121 Å². The van der Waals surface area contributed by atoms with Gasteiger partial charge in [-0.3, -0.25) is 9.59 Å². The highest BCUT2D eigenvalue weighted by atomic mass is 16.1. The Balaban J connectivity index is 2.12. The van der Waals surface area contributed by atoms with Gasteiger partial charge < -0.3 is 0 Å². The van der Waals surface area contributed by atoms with Gasteiger partial charge in [-0.25, -0.2) is 0 Å². The van der Waals surface area contributed by atoms with Crippen LogP contribution in [0.25, 0.3) is 44.5 Å². The highest BCUT2D eigenvalue weighted by Crippen LogP contribution is 2.49. The molecule has 0 amide bonds. The summed E-state index contributed by atoms with van der Waals surface area (Å²) in [4.78, 5) is 26.9. The maximum Gasteiger partial charge on any atom is 0.161 e. The second-order valence-corrected chi connectivity index (χ2v) is 8.83. The summed E-state index contributed by atoms with van der Waals surface area (Å²) in [6, 6.07) is 40.1. The van der Waals surface area contributed by atoms with Crippen LogP contribution in [0.4, 0.5) is 0 Å². The first kappa shape index (κ1) is 23.2. The topological polar surface area (TPSA) is 34.1 Å². The summed E-state index contributed by atoms with van der Waals surface area (Å²) in [5.41, 5.74) is 8.19. The van der Waals surface area contributed by atoms with Crippen LogP contribution < -0.4 is 0 Å². The van der Waals surface area contributed by atoms with E-state index in [0.29, 0.717) is 11.1 Å². The first-order valence-corrected chi connectivity index (χ1v) is 12.1. The summed E-state index contributed by atoms with van der Waals surface area (Å²) in [5.74, 6) is -0.263. The Morgan fingerprint density at radius 1 is 0.361 bits per heavy atom. The molecule has 0 unspecified atom stereocenters. The van der Waals surface area contributed by atoms with E-state index in [-0.39, 0.29) is 11.6 Å². The van der Waals surface area contributed by atoms with Crippen molar-refractivity contribution in [3.05, 3.63) is 132 Å². The van der Waals surface area contributed by atoms with Crippen molar-refractivity contribution in [1.29, 1.82) is 0 Å². The molecule has 174 valence electrons. The minimum absolute atomic E-state index is 0.131. The summed E-state index contributed by atoms with van der Waals surface area (Å²) in [5, 5.41) is 0. The van der Waals surface area contributed by atoms with Gasteiger partial charge in [0.1, 0.15) is 0 Å². The van der Waals surface area contributed by atoms with Gasteiger partial charge >= 0.3 is 0 Å². The van der Waals surface area contributed by atoms with Crippen LogP contribution in [-0.2, 0) is 0 Å². The number of Topliss-reactive ketones (excluding diaryl/α,β-unsaturated/α-hetero) is 2. The Kier molecular flexibility index (Phi) is 6.42. The molecule has 0 radical (unpaired) electrons. The number of hydrogen-bond donors (Lipinski definition) is 0. The lowest BCUT2D eigenvalue weighted by Gasteiger charge is -2.26. The summed E-state index contributed by atoms with van der Waals surface area (Å²) in [6.45, 7) is 3.11. The number of hydrogen-bond acceptors (Lipinski definition) is 2. The maximum absolute atomic E-state index is 13.4. The minimum atomic E-state index is -0.131. The maximum atomic E-state index is 13.4. The molecule has 2 nitrogen and oxygen atoms in total. The van der Waals surface area contributed by atoms with Crippen molar-refractivity contribution in [2.45, 2.75) is 13.8 Å². The highest BCUT2D eigenvalue weighted by molar-refractivity contribution is 6.21. The van der Waals surface area contributed by atoms with E-state index in [0.717, 1.165) is 44.5 Å². The minimum Gasteiger partial charge on any atom is -0.294 e. The fraction of sp³-hybridized carbons (Fsp3) is 0.0588. The van der Waals surface area contributed by atoms with E-state index >= 15 is 0 Å². The largest absolute Gasteiger partial charge is 0.294 e. The van der Waals surface area contributed by atoms with E-state index in [2.05, 4.69) is 24.3 Å². The van der Waals surface area contributed by atoms with E-state index in [1.54, 1.807) is 13.8 Å². The average Bonchev–Trinajstić information content (AvgIpc) is 2.93. The summed E-state index contributed by atoms with van der Waals surface area (Å²) in [6.07, 6.45) is 0. The van der Waals surface area contributed by atoms with Gasteiger partial charge in [0.2, 0.25) is 0 Å². The van der Waals surface area contributed by atoms with Crippen LogP contribution in [0.15, 0.2) is 121 Å². The van der Waals surface area contributed by atoms with Gasteiger partial charge in [-0.05, 0) is 47.2 Å². The normalized spacial score (nSPS) is 10.7. The number of carbonyl (C=O) groups is 2. The van der Waals surface area contributed by atoms with Crippen LogP contribution >= 0.6 is 0 Å². The van der Waals surface area contributed by atoms with Gasteiger partial charge in [-0.2, -0.15) is 0 Å². The smallest absolute Gasteiger partial charge is 0.161 e. The molecule has 0 aliphatic carbocycles. The number of carbonyl (C=O) groups excluding carboxylic acids is 2. The lowest BCUT2D eigenvalue weighted by atomic mass is 9.75. The first-order chi connectivity index (χ1) is 17.6. The van der Waals surface area contributed by atoms with Gasteiger partial charge in [0.15, 0.2) is 11.6 Å². The molecular formula is C34H26O2. The predicted octanol–water partition coefficient (Wildman–Crippen LogP) is 8.76.